The summed E-state index contributed by atoms with van der Waals surface area (Å²) in [5.74, 6) is -0.487. The van der Waals surface area contributed by atoms with Crippen LogP contribution in [0.15, 0.2) is 66.7 Å². The minimum Gasteiger partial charge on any atom is -0.485 e. The van der Waals surface area contributed by atoms with Gasteiger partial charge in [0.2, 0.25) is 0 Å². The van der Waals surface area contributed by atoms with Crippen LogP contribution in [0.4, 0.5) is 26.3 Å². The number of benzene rings is 3. The minimum absolute atomic E-state index is 0.0983. The molecule has 0 fully saturated rings. The monoisotopic (exact) mass is 528 g/mol. The molecule has 1 unspecified atom stereocenters. The van der Waals surface area contributed by atoms with E-state index in [0.717, 1.165) is 31.4 Å². The molecule has 198 valence electrons. The molecule has 0 spiro atoms. The van der Waals surface area contributed by atoms with Gasteiger partial charge in [0, 0.05) is 6.42 Å². The zero-order valence-corrected chi connectivity index (χ0v) is 19.4. The number of carbonyl (C=O) groups excluding carboxylic acids is 1. The van der Waals surface area contributed by atoms with E-state index in [9.17, 15) is 36.2 Å². The Kier molecular flexibility index (Phi) is 8.69. The van der Waals surface area contributed by atoms with E-state index in [4.69, 9.17) is 9.47 Å². The highest BCUT2D eigenvalue weighted by Gasteiger charge is 2.30. The summed E-state index contributed by atoms with van der Waals surface area (Å²) in [4.78, 5) is 11.5. The van der Waals surface area contributed by atoms with Gasteiger partial charge in [-0.25, -0.2) is 4.79 Å². The van der Waals surface area contributed by atoms with E-state index in [1.807, 2.05) is 0 Å². The number of carbonyl (C=O) groups is 1. The third-order valence-electron chi connectivity index (χ3n) is 5.26. The van der Waals surface area contributed by atoms with Gasteiger partial charge in [-0.3, -0.25) is 0 Å². The van der Waals surface area contributed by atoms with Crippen LogP contribution in [0.3, 0.4) is 0 Å². The number of halogens is 6. The fourth-order valence-corrected chi connectivity index (χ4v) is 3.26. The van der Waals surface area contributed by atoms with Gasteiger partial charge in [-0.15, -0.1) is 0 Å². The molecule has 5 nitrogen and oxygen atoms in total. The average Bonchev–Trinajstić information content (AvgIpc) is 2.85. The normalized spacial score (nSPS) is 12.6. The van der Waals surface area contributed by atoms with Gasteiger partial charge in [-0.05, 0) is 53.1 Å². The first-order chi connectivity index (χ1) is 17.4. The van der Waals surface area contributed by atoms with Crippen molar-refractivity contribution in [3.8, 4) is 11.5 Å². The zero-order valence-electron chi connectivity index (χ0n) is 19.4. The molecule has 0 saturated heterocycles. The van der Waals surface area contributed by atoms with Crippen LogP contribution in [0.25, 0.3) is 0 Å². The summed E-state index contributed by atoms with van der Waals surface area (Å²) in [6, 6.07) is 13.3. The number of aliphatic hydroxyl groups is 1. The van der Waals surface area contributed by atoms with Crippen molar-refractivity contribution < 1.29 is 50.5 Å². The van der Waals surface area contributed by atoms with E-state index in [-0.39, 0.29) is 31.1 Å². The molecule has 0 radical (unpaired) electrons. The summed E-state index contributed by atoms with van der Waals surface area (Å²) in [5, 5.41) is 9.94. The van der Waals surface area contributed by atoms with Gasteiger partial charge in [0.05, 0.1) is 18.2 Å². The van der Waals surface area contributed by atoms with Gasteiger partial charge < -0.3 is 19.3 Å². The number of rotatable bonds is 9. The summed E-state index contributed by atoms with van der Waals surface area (Å²) in [6.07, 6.45) is -10.5. The maximum absolute atomic E-state index is 12.8. The molecule has 0 aliphatic heterocycles. The average molecular weight is 528 g/mol. The van der Waals surface area contributed by atoms with Crippen molar-refractivity contribution in [1.29, 1.82) is 0 Å². The molecule has 1 N–H and O–H groups in total. The topological polar surface area (TPSA) is 65.0 Å². The molecule has 1 atom stereocenters. The molecular weight excluding hydrogens is 506 g/mol. The number of aliphatic hydroxyl groups excluding tert-OH is 1. The maximum atomic E-state index is 12.8. The summed E-state index contributed by atoms with van der Waals surface area (Å²) >= 11 is 0. The Morgan fingerprint density at radius 3 is 1.59 bits per heavy atom. The van der Waals surface area contributed by atoms with E-state index in [1.54, 1.807) is 6.07 Å². The van der Waals surface area contributed by atoms with Gasteiger partial charge >= 0.3 is 18.3 Å². The minimum atomic E-state index is -4.48. The van der Waals surface area contributed by atoms with Crippen LogP contribution in [0.1, 0.15) is 27.8 Å². The van der Waals surface area contributed by atoms with E-state index in [2.05, 4.69) is 4.74 Å². The van der Waals surface area contributed by atoms with Crippen LogP contribution in [0, 0.1) is 0 Å². The van der Waals surface area contributed by atoms with Gasteiger partial charge in [0.25, 0.3) is 0 Å². The zero-order chi connectivity index (χ0) is 27.2. The molecule has 0 saturated carbocycles. The SMILES string of the molecule is COC(=O)C(O)Cc1ccc(OCc2ccc(C(F)(F)F)cc2)c(OCc2ccc(C(F)(F)F)cc2)c1. The first-order valence-electron chi connectivity index (χ1n) is 10.8. The fraction of sp³-hybridized carbons (Fsp3) is 0.269. The molecular formula is C26H22F6O5. The van der Waals surface area contributed by atoms with Crippen LogP contribution in [0.2, 0.25) is 0 Å². The van der Waals surface area contributed by atoms with Crippen molar-refractivity contribution in [2.24, 2.45) is 0 Å². The Bertz CT molecular complexity index is 1190. The van der Waals surface area contributed by atoms with Crippen molar-refractivity contribution in [3.05, 3.63) is 94.5 Å². The summed E-state index contributed by atoms with van der Waals surface area (Å²) in [7, 11) is 1.13. The van der Waals surface area contributed by atoms with Gasteiger partial charge in [0.1, 0.15) is 13.2 Å². The van der Waals surface area contributed by atoms with Crippen LogP contribution < -0.4 is 9.47 Å². The molecule has 0 aliphatic rings. The smallest absolute Gasteiger partial charge is 0.416 e. The van der Waals surface area contributed by atoms with Gasteiger partial charge in [-0.1, -0.05) is 30.3 Å². The number of methoxy groups -OCH3 is 1. The Labute approximate surface area is 208 Å². The molecule has 3 aromatic carbocycles. The number of esters is 1. The number of alkyl halides is 6. The third kappa shape index (κ3) is 7.88. The van der Waals surface area contributed by atoms with Crippen molar-refractivity contribution in [2.75, 3.05) is 7.11 Å². The lowest BCUT2D eigenvalue weighted by Crippen LogP contribution is -2.24. The Morgan fingerprint density at radius 1 is 0.730 bits per heavy atom. The molecule has 0 amide bonds. The predicted molar refractivity (Wildman–Crippen MR) is 120 cm³/mol. The van der Waals surface area contributed by atoms with Gasteiger partial charge in [0.15, 0.2) is 17.6 Å². The van der Waals surface area contributed by atoms with Crippen LogP contribution in [-0.4, -0.2) is 24.3 Å². The van der Waals surface area contributed by atoms with Crippen LogP contribution >= 0.6 is 0 Å². The molecule has 0 heterocycles. The van der Waals surface area contributed by atoms with E-state index in [0.29, 0.717) is 16.7 Å². The highest BCUT2D eigenvalue weighted by atomic mass is 19.4. The van der Waals surface area contributed by atoms with Gasteiger partial charge in [-0.2, -0.15) is 26.3 Å². The third-order valence-corrected chi connectivity index (χ3v) is 5.26. The molecule has 11 heteroatoms. The maximum Gasteiger partial charge on any atom is 0.416 e. The lowest BCUT2D eigenvalue weighted by Gasteiger charge is -2.16. The molecule has 3 aromatic rings. The van der Waals surface area contributed by atoms with Crippen LogP contribution in [-0.2, 0) is 41.5 Å². The largest absolute Gasteiger partial charge is 0.485 e. The Morgan fingerprint density at radius 2 is 1.16 bits per heavy atom. The molecule has 0 bridgehead atoms. The number of hydrogen-bond acceptors (Lipinski definition) is 5. The second-order valence-corrected chi connectivity index (χ2v) is 7.99. The second kappa shape index (κ2) is 11.5. The fourth-order valence-electron chi connectivity index (χ4n) is 3.26. The number of ether oxygens (including phenoxy) is 3. The summed E-state index contributed by atoms with van der Waals surface area (Å²) < 4.78 is 92.7. The summed E-state index contributed by atoms with van der Waals surface area (Å²) in [5.41, 5.74) is -0.253. The van der Waals surface area contributed by atoms with Crippen molar-refractivity contribution in [3.63, 3.8) is 0 Å². The highest BCUT2D eigenvalue weighted by molar-refractivity contribution is 5.74. The van der Waals surface area contributed by atoms with Crippen LogP contribution in [0.5, 0.6) is 11.5 Å². The predicted octanol–water partition coefficient (Wildman–Crippen LogP) is 5.96. The Hall–Kier alpha value is -3.73. The van der Waals surface area contributed by atoms with Crippen molar-refractivity contribution >= 4 is 5.97 Å². The molecule has 3 rings (SSSR count). The lowest BCUT2D eigenvalue weighted by atomic mass is 10.1. The molecule has 0 aliphatic carbocycles. The van der Waals surface area contributed by atoms with E-state index >= 15 is 0 Å². The summed E-state index contributed by atoms with van der Waals surface area (Å²) in [6.45, 7) is -0.226. The highest BCUT2D eigenvalue weighted by Crippen LogP contribution is 2.33. The number of hydrogen-bond donors (Lipinski definition) is 1. The van der Waals surface area contributed by atoms with E-state index in [1.165, 1.54) is 36.4 Å². The van der Waals surface area contributed by atoms with Crippen molar-refractivity contribution in [1.82, 2.24) is 0 Å². The Balaban J connectivity index is 1.77. The first-order valence-corrected chi connectivity index (χ1v) is 10.8. The first kappa shape index (κ1) is 27.9. The standard InChI is InChI=1S/C26H22F6O5/c1-35-24(34)21(33)12-18-6-11-22(36-14-16-2-7-19(8-3-16)25(27,28)29)23(13-18)37-15-17-4-9-20(10-5-17)26(30,31)32/h2-11,13,21,33H,12,14-15H2,1H3. The molecule has 0 aromatic heterocycles. The van der Waals surface area contributed by atoms with E-state index < -0.39 is 35.6 Å². The quantitative estimate of drug-likeness (QED) is 0.274. The molecule has 37 heavy (non-hydrogen) atoms. The second-order valence-electron chi connectivity index (χ2n) is 7.99. The lowest BCUT2D eigenvalue weighted by molar-refractivity contribution is -0.150. The van der Waals surface area contributed by atoms with Crippen molar-refractivity contribution in [2.45, 2.75) is 38.1 Å².